The maximum atomic E-state index is 15.1. The van der Waals surface area contributed by atoms with Crippen LogP contribution in [0, 0.1) is 5.82 Å². The number of amidine groups is 1. The summed E-state index contributed by atoms with van der Waals surface area (Å²) in [4.78, 5) is 25.6. The van der Waals surface area contributed by atoms with E-state index in [1.807, 2.05) is 0 Å². The number of nitrogens with one attached hydrogen (secondary N) is 1. The standard InChI is InChI=1S/C21H23Cl2FN6O2S/c1-20(2)19(25)30-21(3,14-5-4-8-27-33(14,20)32)17-13(24)6-7-15(28-17)29-18(31)16-12(23)9-11(22)10-26-16/h6-7,9-10,14H,4-5,8H2,1-3H3,(H2,25,30)(H,28,29,31)/t14-,21+,33+/m1/s1. The smallest absolute Gasteiger partial charge is 0.276 e. The molecule has 4 rings (SSSR count). The van der Waals surface area contributed by atoms with Crippen molar-refractivity contribution in [1.29, 1.82) is 0 Å². The van der Waals surface area contributed by atoms with Gasteiger partial charge in [-0.05, 0) is 51.8 Å². The molecule has 2 aliphatic rings. The van der Waals surface area contributed by atoms with E-state index in [-0.39, 0.29) is 33.1 Å². The fourth-order valence-corrected chi connectivity index (χ4v) is 7.97. The molecule has 1 amide bonds. The summed E-state index contributed by atoms with van der Waals surface area (Å²) in [5.74, 6) is -1.11. The van der Waals surface area contributed by atoms with Crippen molar-refractivity contribution in [3.63, 3.8) is 0 Å². The van der Waals surface area contributed by atoms with Crippen molar-refractivity contribution in [2.75, 3.05) is 11.9 Å². The fraction of sp³-hybridized carbons (Fsp3) is 0.429. The Morgan fingerprint density at radius 2 is 2.03 bits per heavy atom. The molecule has 12 heteroatoms. The van der Waals surface area contributed by atoms with E-state index in [4.69, 9.17) is 28.9 Å². The van der Waals surface area contributed by atoms with Gasteiger partial charge in [0.25, 0.3) is 5.91 Å². The van der Waals surface area contributed by atoms with Gasteiger partial charge in [-0.25, -0.2) is 22.9 Å². The Kier molecular flexibility index (Phi) is 5.91. The van der Waals surface area contributed by atoms with Gasteiger partial charge in [-0.1, -0.05) is 23.2 Å². The Hall–Kier alpha value is -2.30. The molecule has 3 N–H and O–H groups in total. The highest BCUT2D eigenvalue weighted by atomic mass is 35.5. The van der Waals surface area contributed by atoms with Gasteiger partial charge in [0.15, 0.2) is 0 Å². The third kappa shape index (κ3) is 3.77. The summed E-state index contributed by atoms with van der Waals surface area (Å²) in [5.41, 5.74) is 4.79. The summed E-state index contributed by atoms with van der Waals surface area (Å²) in [6.07, 6.45) is 2.51. The molecular formula is C21H23Cl2FN6O2S. The second kappa shape index (κ2) is 8.18. The Bertz CT molecular complexity index is 1310. The number of anilines is 1. The molecule has 2 aromatic rings. The summed E-state index contributed by atoms with van der Waals surface area (Å²) < 4.78 is 32.7. The lowest BCUT2D eigenvalue weighted by molar-refractivity contribution is 0.102. The maximum absolute atomic E-state index is 15.1. The summed E-state index contributed by atoms with van der Waals surface area (Å²) in [6.45, 7) is 5.61. The van der Waals surface area contributed by atoms with Gasteiger partial charge in [0.1, 0.15) is 39.1 Å². The lowest BCUT2D eigenvalue weighted by Gasteiger charge is -2.47. The minimum absolute atomic E-state index is 0.0586. The van der Waals surface area contributed by atoms with Crippen LogP contribution in [-0.2, 0) is 15.3 Å². The number of hydrogen-bond donors (Lipinski definition) is 2. The molecule has 0 aromatic carbocycles. The minimum Gasteiger partial charge on any atom is -0.386 e. The van der Waals surface area contributed by atoms with Crippen molar-refractivity contribution >= 4 is 50.5 Å². The number of nitrogens with zero attached hydrogens (tertiary/aromatic N) is 4. The average Bonchev–Trinajstić information content (AvgIpc) is 2.74. The van der Waals surface area contributed by atoms with Crippen LogP contribution in [0.25, 0.3) is 0 Å². The van der Waals surface area contributed by atoms with Gasteiger partial charge in [0, 0.05) is 12.7 Å². The molecule has 4 heterocycles. The third-order valence-electron chi connectivity index (χ3n) is 6.21. The number of amides is 1. The maximum Gasteiger partial charge on any atom is 0.276 e. The van der Waals surface area contributed by atoms with Gasteiger partial charge in [-0.15, -0.1) is 0 Å². The largest absolute Gasteiger partial charge is 0.386 e. The van der Waals surface area contributed by atoms with Crippen LogP contribution < -0.4 is 11.1 Å². The predicted molar refractivity (Wildman–Crippen MR) is 128 cm³/mol. The van der Waals surface area contributed by atoms with Crippen LogP contribution in [0.4, 0.5) is 10.2 Å². The molecule has 0 bridgehead atoms. The summed E-state index contributed by atoms with van der Waals surface area (Å²) in [7, 11) is -2.89. The zero-order valence-electron chi connectivity index (χ0n) is 18.2. The summed E-state index contributed by atoms with van der Waals surface area (Å²) in [6, 6.07) is 3.87. The van der Waals surface area contributed by atoms with Gasteiger partial charge in [0.2, 0.25) is 0 Å². The van der Waals surface area contributed by atoms with E-state index in [1.54, 1.807) is 20.8 Å². The number of aliphatic imine (C=N–C) groups is 1. The summed E-state index contributed by atoms with van der Waals surface area (Å²) in [5, 5.41) is 2.32. The van der Waals surface area contributed by atoms with Crippen LogP contribution in [-0.4, -0.2) is 42.5 Å². The van der Waals surface area contributed by atoms with Gasteiger partial charge in [0.05, 0.1) is 25.0 Å². The highest BCUT2D eigenvalue weighted by molar-refractivity contribution is 7.96. The van der Waals surface area contributed by atoms with E-state index < -0.39 is 37.0 Å². The highest BCUT2D eigenvalue weighted by Crippen LogP contribution is 2.47. The zero-order chi connectivity index (χ0) is 24.2. The number of hydrogen-bond acceptors (Lipinski definition) is 7. The SMILES string of the molecule is CC1(C)C(N)=N[C@](C)(c2nc(NC(=O)c3ncc(Cl)cc3Cl)ccc2F)[C@H]2CCCN=[S@]21=O. The molecule has 0 unspecified atom stereocenters. The third-order valence-corrected chi connectivity index (χ3v) is 10.4. The second-order valence-corrected chi connectivity index (χ2v) is 12.5. The molecule has 0 fully saturated rings. The van der Waals surface area contributed by atoms with Crippen molar-refractivity contribution in [3.8, 4) is 0 Å². The monoisotopic (exact) mass is 512 g/mol. The normalized spacial score (nSPS) is 28.3. The van der Waals surface area contributed by atoms with Crippen molar-refractivity contribution in [2.45, 2.75) is 49.1 Å². The minimum atomic E-state index is -2.89. The van der Waals surface area contributed by atoms with E-state index in [2.05, 4.69) is 24.6 Å². The zero-order valence-corrected chi connectivity index (χ0v) is 20.6. The van der Waals surface area contributed by atoms with Gasteiger partial charge < -0.3 is 11.1 Å². The van der Waals surface area contributed by atoms with Crippen molar-refractivity contribution < 1.29 is 13.4 Å². The first kappa shape index (κ1) is 23.8. The molecule has 2 aromatic heterocycles. The molecule has 0 radical (unpaired) electrons. The number of nitrogens with two attached hydrogens (primary N) is 1. The van der Waals surface area contributed by atoms with Crippen LogP contribution in [0.3, 0.4) is 0 Å². The first-order valence-electron chi connectivity index (χ1n) is 10.3. The topological polar surface area (TPSA) is 123 Å². The Labute approximate surface area is 201 Å². The Morgan fingerprint density at radius 3 is 2.73 bits per heavy atom. The second-order valence-electron chi connectivity index (χ2n) is 8.67. The van der Waals surface area contributed by atoms with Crippen LogP contribution in [0.1, 0.15) is 49.8 Å². The van der Waals surface area contributed by atoms with Gasteiger partial charge >= 0.3 is 0 Å². The van der Waals surface area contributed by atoms with Gasteiger partial charge in [-0.2, -0.15) is 0 Å². The lowest BCUT2D eigenvalue weighted by Crippen LogP contribution is -2.60. The van der Waals surface area contributed by atoms with Crippen LogP contribution in [0.5, 0.6) is 0 Å². The van der Waals surface area contributed by atoms with E-state index in [1.165, 1.54) is 24.4 Å². The number of carbonyl (C=O) groups is 1. The van der Waals surface area contributed by atoms with Crippen molar-refractivity contribution in [1.82, 2.24) is 9.97 Å². The molecule has 0 saturated carbocycles. The Balaban J connectivity index is 1.78. The number of halogens is 3. The van der Waals surface area contributed by atoms with Gasteiger partial charge in [-0.3, -0.25) is 9.79 Å². The molecule has 2 aliphatic heterocycles. The average molecular weight is 513 g/mol. The van der Waals surface area contributed by atoms with Crippen LogP contribution >= 0.6 is 23.2 Å². The quantitative estimate of drug-likeness (QED) is 0.638. The van der Waals surface area contributed by atoms with Crippen LogP contribution in [0.2, 0.25) is 10.0 Å². The molecule has 3 atom stereocenters. The number of pyridine rings is 2. The molecule has 33 heavy (non-hydrogen) atoms. The fourth-order valence-electron chi connectivity index (χ4n) is 4.27. The first-order chi connectivity index (χ1) is 15.4. The lowest BCUT2D eigenvalue weighted by atomic mass is 9.89. The van der Waals surface area contributed by atoms with Crippen molar-refractivity contribution in [3.05, 3.63) is 51.6 Å². The molecule has 8 nitrogen and oxygen atoms in total. The Morgan fingerprint density at radius 1 is 1.30 bits per heavy atom. The predicted octanol–water partition coefficient (Wildman–Crippen LogP) is 4.17. The van der Waals surface area contributed by atoms with E-state index in [0.29, 0.717) is 19.4 Å². The van der Waals surface area contributed by atoms with E-state index in [0.717, 1.165) is 0 Å². The first-order valence-corrected chi connectivity index (χ1v) is 12.6. The van der Waals surface area contributed by atoms with E-state index >= 15 is 4.39 Å². The van der Waals surface area contributed by atoms with E-state index in [9.17, 15) is 9.00 Å². The van der Waals surface area contributed by atoms with Crippen molar-refractivity contribution in [2.24, 2.45) is 15.1 Å². The number of carbonyl (C=O) groups excluding carboxylic acids is 1. The van der Waals surface area contributed by atoms with Crippen LogP contribution in [0.15, 0.2) is 33.8 Å². The number of rotatable bonds is 3. The number of aromatic nitrogens is 2. The number of fused-ring (bicyclic) bond motifs is 1. The molecular weight excluding hydrogens is 490 g/mol. The molecule has 0 aliphatic carbocycles. The summed E-state index contributed by atoms with van der Waals surface area (Å²) >= 11 is 11.9. The molecule has 0 saturated heterocycles. The highest BCUT2D eigenvalue weighted by Gasteiger charge is 2.56. The molecule has 0 spiro atoms. The molecule has 176 valence electrons.